The Bertz CT molecular complexity index is 169. The van der Waals surface area contributed by atoms with Gasteiger partial charge in [0, 0.05) is 0 Å². The molecule has 0 aromatic rings. The first kappa shape index (κ1) is 13.2. The molecule has 0 saturated carbocycles. The van der Waals surface area contributed by atoms with Crippen LogP contribution in [0.5, 0.6) is 0 Å². The Morgan fingerprint density at radius 3 is 2.79 bits per heavy atom. The van der Waals surface area contributed by atoms with Gasteiger partial charge in [0.15, 0.2) is 0 Å². The topological polar surface area (TPSA) is 52.3 Å². The van der Waals surface area contributed by atoms with Crippen LogP contribution in [0.4, 0.5) is 0 Å². The molecule has 0 spiro atoms. The third-order valence-corrected chi connectivity index (χ3v) is 2.01. The maximum atomic E-state index is 11.1. The van der Waals surface area contributed by atoms with Crippen molar-refractivity contribution in [3.05, 3.63) is 12.7 Å². The van der Waals surface area contributed by atoms with E-state index >= 15 is 0 Å². The van der Waals surface area contributed by atoms with Crippen LogP contribution in [-0.2, 0) is 9.53 Å². The van der Waals surface area contributed by atoms with Gasteiger partial charge < -0.3 is 10.5 Å². The van der Waals surface area contributed by atoms with Crippen molar-refractivity contribution in [2.75, 3.05) is 6.61 Å². The fourth-order valence-corrected chi connectivity index (χ4v) is 1.20. The molecular weight excluding hydrogens is 178 g/mol. The fourth-order valence-electron chi connectivity index (χ4n) is 1.20. The quantitative estimate of drug-likeness (QED) is 0.369. The molecule has 3 heteroatoms. The molecule has 0 unspecified atom stereocenters. The first-order valence-electron chi connectivity index (χ1n) is 5.25. The molecule has 0 heterocycles. The molecule has 0 aromatic heterocycles. The summed E-state index contributed by atoms with van der Waals surface area (Å²) in [5.41, 5.74) is 5.62. The van der Waals surface area contributed by atoms with Crippen LogP contribution in [0.3, 0.4) is 0 Å². The predicted molar refractivity (Wildman–Crippen MR) is 57.9 cm³/mol. The number of unbranched alkanes of at least 4 members (excludes halogenated alkanes) is 3. The van der Waals surface area contributed by atoms with Crippen molar-refractivity contribution in [3.63, 3.8) is 0 Å². The highest BCUT2D eigenvalue weighted by atomic mass is 16.5. The normalized spacial score (nSPS) is 12.1. The standard InChI is InChI=1S/C11H21NO2/c1-3-5-6-7-8-9-10(12)11(13)14-4-2/h3,10H,1,4-9,12H2,2H3/t10-/m1/s1. The molecule has 0 bridgehead atoms. The van der Waals surface area contributed by atoms with E-state index < -0.39 is 6.04 Å². The lowest BCUT2D eigenvalue weighted by atomic mass is 10.1. The average Bonchev–Trinajstić information content (AvgIpc) is 2.17. The van der Waals surface area contributed by atoms with E-state index in [1.54, 1.807) is 6.92 Å². The van der Waals surface area contributed by atoms with Crippen molar-refractivity contribution in [1.82, 2.24) is 0 Å². The van der Waals surface area contributed by atoms with Crippen LogP contribution in [0.1, 0.15) is 39.0 Å². The number of ether oxygens (including phenoxy) is 1. The van der Waals surface area contributed by atoms with Gasteiger partial charge >= 0.3 is 5.97 Å². The monoisotopic (exact) mass is 199 g/mol. The smallest absolute Gasteiger partial charge is 0.322 e. The lowest BCUT2D eigenvalue weighted by Gasteiger charge is -2.09. The molecular formula is C11H21NO2. The van der Waals surface area contributed by atoms with Crippen molar-refractivity contribution in [2.24, 2.45) is 5.73 Å². The van der Waals surface area contributed by atoms with Crippen LogP contribution in [0.25, 0.3) is 0 Å². The molecule has 2 N–H and O–H groups in total. The molecule has 14 heavy (non-hydrogen) atoms. The largest absolute Gasteiger partial charge is 0.465 e. The maximum Gasteiger partial charge on any atom is 0.322 e. The summed E-state index contributed by atoms with van der Waals surface area (Å²) in [6, 6.07) is -0.446. The molecule has 0 aliphatic carbocycles. The summed E-state index contributed by atoms with van der Waals surface area (Å²) in [6.07, 6.45) is 6.86. The van der Waals surface area contributed by atoms with Crippen LogP contribution >= 0.6 is 0 Å². The van der Waals surface area contributed by atoms with Gasteiger partial charge in [0.25, 0.3) is 0 Å². The van der Waals surface area contributed by atoms with Gasteiger partial charge in [0.1, 0.15) is 6.04 Å². The van der Waals surface area contributed by atoms with Gasteiger partial charge in [0.05, 0.1) is 6.61 Å². The number of rotatable bonds is 8. The Labute approximate surface area is 86.3 Å². The Morgan fingerprint density at radius 2 is 2.21 bits per heavy atom. The van der Waals surface area contributed by atoms with E-state index in [-0.39, 0.29) is 5.97 Å². The first-order chi connectivity index (χ1) is 6.72. The van der Waals surface area contributed by atoms with Crippen molar-refractivity contribution in [1.29, 1.82) is 0 Å². The van der Waals surface area contributed by atoms with E-state index in [1.165, 1.54) is 0 Å². The number of carbonyl (C=O) groups excluding carboxylic acids is 1. The summed E-state index contributed by atoms with van der Waals surface area (Å²) in [5, 5.41) is 0. The minimum absolute atomic E-state index is 0.281. The summed E-state index contributed by atoms with van der Waals surface area (Å²) < 4.78 is 4.80. The Morgan fingerprint density at radius 1 is 1.50 bits per heavy atom. The molecule has 0 radical (unpaired) electrons. The van der Waals surface area contributed by atoms with Crippen LogP contribution in [0, 0.1) is 0 Å². The fraction of sp³-hybridized carbons (Fsp3) is 0.727. The van der Waals surface area contributed by atoms with Gasteiger partial charge in [-0.25, -0.2) is 0 Å². The molecule has 0 aromatic carbocycles. The molecule has 3 nitrogen and oxygen atoms in total. The predicted octanol–water partition coefficient (Wildman–Crippen LogP) is 2.01. The second-order valence-corrected chi connectivity index (χ2v) is 3.29. The molecule has 1 atom stereocenters. The van der Waals surface area contributed by atoms with Crippen molar-refractivity contribution in [2.45, 2.75) is 45.1 Å². The van der Waals surface area contributed by atoms with Crippen LogP contribution in [0.15, 0.2) is 12.7 Å². The van der Waals surface area contributed by atoms with E-state index in [0.29, 0.717) is 6.61 Å². The zero-order valence-electron chi connectivity index (χ0n) is 9.00. The molecule has 82 valence electrons. The number of esters is 1. The van der Waals surface area contributed by atoms with Crippen molar-refractivity contribution >= 4 is 5.97 Å². The molecule has 0 aliphatic heterocycles. The molecule has 0 amide bonds. The zero-order valence-corrected chi connectivity index (χ0v) is 9.00. The Kier molecular flexibility index (Phi) is 8.24. The SMILES string of the molecule is C=CCCCCC[C@@H](N)C(=O)OCC. The Balaban J connectivity index is 3.38. The summed E-state index contributed by atoms with van der Waals surface area (Å²) in [6.45, 7) is 5.84. The minimum Gasteiger partial charge on any atom is -0.465 e. The van der Waals surface area contributed by atoms with Crippen LogP contribution in [-0.4, -0.2) is 18.6 Å². The third kappa shape index (κ3) is 6.66. The Hall–Kier alpha value is -0.830. The number of hydrogen-bond acceptors (Lipinski definition) is 3. The molecule has 0 fully saturated rings. The van der Waals surface area contributed by atoms with Crippen LogP contribution in [0.2, 0.25) is 0 Å². The lowest BCUT2D eigenvalue weighted by Crippen LogP contribution is -2.32. The highest BCUT2D eigenvalue weighted by Crippen LogP contribution is 2.05. The second-order valence-electron chi connectivity index (χ2n) is 3.29. The molecule has 0 aliphatic rings. The van der Waals surface area contributed by atoms with Gasteiger partial charge in [-0.1, -0.05) is 18.9 Å². The molecule has 0 rings (SSSR count). The van der Waals surface area contributed by atoms with Gasteiger partial charge in [0.2, 0.25) is 0 Å². The molecule has 0 saturated heterocycles. The van der Waals surface area contributed by atoms with Crippen molar-refractivity contribution < 1.29 is 9.53 Å². The zero-order chi connectivity index (χ0) is 10.8. The van der Waals surface area contributed by atoms with Crippen molar-refractivity contribution in [3.8, 4) is 0 Å². The van der Waals surface area contributed by atoms with Gasteiger partial charge in [-0.2, -0.15) is 0 Å². The summed E-state index contributed by atoms with van der Waals surface area (Å²) >= 11 is 0. The lowest BCUT2D eigenvalue weighted by molar-refractivity contribution is -0.144. The first-order valence-corrected chi connectivity index (χ1v) is 5.25. The highest BCUT2D eigenvalue weighted by molar-refractivity contribution is 5.75. The summed E-state index contributed by atoms with van der Waals surface area (Å²) in [4.78, 5) is 11.1. The number of nitrogens with two attached hydrogens (primary N) is 1. The number of allylic oxidation sites excluding steroid dienone is 1. The summed E-state index contributed by atoms with van der Waals surface area (Å²) in [5.74, 6) is -0.281. The average molecular weight is 199 g/mol. The third-order valence-electron chi connectivity index (χ3n) is 2.01. The maximum absolute atomic E-state index is 11.1. The van der Waals surface area contributed by atoms with Crippen LogP contribution < -0.4 is 5.73 Å². The van der Waals surface area contributed by atoms with E-state index in [0.717, 1.165) is 32.1 Å². The van der Waals surface area contributed by atoms with E-state index in [2.05, 4.69) is 6.58 Å². The second kappa shape index (κ2) is 8.75. The van der Waals surface area contributed by atoms with Gasteiger partial charge in [-0.3, -0.25) is 4.79 Å². The van der Waals surface area contributed by atoms with Gasteiger partial charge in [-0.05, 0) is 26.2 Å². The van der Waals surface area contributed by atoms with E-state index in [1.807, 2.05) is 6.08 Å². The number of hydrogen-bond donors (Lipinski definition) is 1. The summed E-state index contributed by atoms with van der Waals surface area (Å²) in [7, 11) is 0. The van der Waals surface area contributed by atoms with E-state index in [9.17, 15) is 4.79 Å². The highest BCUT2D eigenvalue weighted by Gasteiger charge is 2.12. The minimum atomic E-state index is -0.446. The van der Waals surface area contributed by atoms with E-state index in [4.69, 9.17) is 10.5 Å². The van der Waals surface area contributed by atoms with Gasteiger partial charge in [-0.15, -0.1) is 6.58 Å². The number of carbonyl (C=O) groups is 1.